The van der Waals surface area contributed by atoms with Gasteiger partial charge in [-0.15, -0.1) is 0 Å². The van der Waals surface area contributed by atoms with Crippen molar-refractivity contribution < 1.29 is 14.3 Å². The molecule has 0 heterocycles. The average molecular weight is 272 g/mol. The van der Waals surface area contributed by atoms with E-state index in [9.17, 15) is 4.79 Å². The molecule has 0 aromatic rings. The zero-order valence-electron chi connectivity index (χ0n) is 12.2. The van der Waals surface area contributed by atoms with E-state index in [4.69, 9.17) is 15.2 Å². The zero-order valence-corrected chi connectivity index (χ0v) is 12.2. The van der Waals surface area contributed by atoms with Gasteiger partial charge in [-0.05, 0) is 24.7 Å². The van der Waals surface area contributed by atoms with Crippen LogP contribution < -0.4 is 11.1 Å². The number of hydrogen-bond donors (Lipinski definition) is 2. The molecule has 1 aliphatic carbocycles. The summed E-state index contributed by atoms with van der Waals surface area (Å²) >= 11 is 0. The molecule has 1 amide bonds. The smallest absolute Gasteiger partial charge is 0.222 e. The lowest BCUT2D eigenvalue weighted by atomic mass is 9.83. The number of methoxy groups -OCH3 is 2. The third kappa shape index (κ3) is 5.47. The highest BCUT2D eigenvalue weighted by molar-refractivity contribution is 5.76. The highest BCUT2D eigenvalue weighted by Crippen LogP contribution is 2.40. The van der Waals surface area contributed by atoms with Crippen molar-refractivity contribution in [2.45, 2.75) is 44.6 Å². The van der Waals surface area contributed by atoms with Crippen LogP contribution in [0.15, 0.2) is 0 Å². The molecule has 0 aromatic heterocycles. The summed E-state index contributed by atoms with van der Waals surface area (Å²) < 4.78 is 10.3. The van der Waals surface area contributed by atoms with Crippen LogP contribution in [0.25, 0.3) is 0 Å². The Morgan fingerprint density at radius 1 is 1.37 bits per heavy atom. The lowest BCUT2D eigenvalue weighted by Crippen LogP contribution is -2.39. The minimum atomic E-state index is -0.182. The minimum Gasteiger partial charge on any atom is -0.385 e. The van der Waals surface area contributed by atoms with Crippen molar-refractivity contribution in [3.63, 3.8) is 0 Å². The second kappa shape index (κ2) is 8.51. The zero-order chi connectivity index (χ0) is 14.1. The SMILES string of the molecule is COCCC1(CNC(=O)CC(CN)OC)CCCC1. The van der Waals surface area contributed by atoms with Gasteiger partial charge in [0.2, 0.25) is 5.91 Å². The van der Waals surface area contributed by atoms with Gasteiger partial charge in [-0.3, -0.25) is 4.79 Å². The van der Waals surface area contributed by atoms with Crippen molar-refractivity contribution in [1.82, 2.24) is 5.32 Å². The second-order valence-corrected chi connectivity index (χ2v) is 5.52. The highest BCUT2D eigenvalue weighted by Gasteiger charge is 2.33. The largest absolute Gasteiger partial charge is 0.385 e. The standard InChI is InChI=1S/C14H28N2O3/c1-18-8-7-14(5-3-4-6-14)11-16-13(17)9-12(10-15)19-2/h12H,3-11,15H2,1-2H3,(H,16,17). The van der Waals surface area contributed by atoms with E-state index in [-0.39, 0.29) is 17.4 Å². The fourth-order valence-electron chi connectivity index (χ4n) is 2.79. The molecule has 1 aliphatic rings. The van der Waals surface area contributed by atoms with E-state index >= 15 is 0 Å². The summed E-state index contributed by atoms with van der Waals surface area (Å²) in [6.07, 6.45) is 6.05. The van der Waals surface area contributed by atoms with Crippen LogP contribution >= 0.6 is 0 Å². The maximum atomic E-state index is 11.9. The number of carbonyl (C=O) groups excluding carboxylic acids is 1. The van der Waals surface area contributed by atoms with Gasteiger partial charge in [0.15, 0.2) is 0 Å². The van der Waals surface area contributed by atoms with Crippen LogP contribution in [0.2, 0.25) is 0 Å². The fourth-order valence-corrected chi connectivity index (χ4v) is 2.79. The first-order valence-corrected chi connectivity index (χ1v) is 7.14. The van der Waals surface area contributed by atoms with Gasteiger partial charge in [0.25, 0.3) is 0 Å². The predicted octanol–water partition coefficient (Wildman–Crippen LogP) is 1.06. The summed E-state index contributed by atoms with van der Waals surface area (Å²) in [6.45, 7) is 1.88. The van der Waals surface area contributed by atoms with Crippen LogP contribution in [0.3, 0.4) is 0 Å². The van der Waals surface area contributed by atoms with E-state index < -0.39 is 0 Å². The van der Waals surface area contributed by atoms with Crippen molar-refractivity contribution in [2.75, 3.05) is 33.9 Å². The Kier molecular flexibility index (Phi) is 7.34. The Labute approximate surface area is 116 Å². The summed E-state index contributed by atoms with van der Waals surface area (Å²) in [4.78, 5) is 11.9. The van der Waals surface area contributed by atoms with Crippen LogP contribution in [-0.2, 0) is 14.3 Å². The van der Waals surface area contributed by atoms with Gasteiger partial charge in [0.05, 0.1) is 12.5 Å². The summed E-state index contributed by atoms with van der Waals surface area (Å²) in [5.74, 6) is 0.0287. The molecule has 0 bridgehead atoms. The Morgan fingerprint density at radius 3 is 2.58 bits per heavy atom. The van der Waals surface area contributed by atoms with Crippen LogP contribution in [-0.4, -0.2) is 45.9 Å². The molecule has 1 fully saturated rings. The van der Waals surface area contributed by atoms with Gasteiger partial charge in [0, 0.05) is 33.9 Å². The lowest BCUT2D eigenvalue weighted by Gasteiger charge is -2.29. The van der Waals surface area contributed by atoms with Crippen LogP contribution in [0, 0.1) is 5.41 Å². The maximum Gasteiger partial charge on any atom is 0.222 e. The third-order valence-electron chi connectivity index (χ3n) is 4.17. The molecule has 1 rings (SSSR count). The monoisotopic (exact) mass is 272 g/mol. The van der Waals surface area contributed by atoms with E-state index in [1.54, 1.807) is 14.2 Å². The summed E-state index contributed by atoms with van der Waals surface area (Å²) in [5, 5.41) is 3.04. The molecule has 5 nitrogen and oxygen atoms in total. The van der Waals surface area contributed by atoms with Crippen molar-refractivity contribution in [3.8, 4) is 0 Å². The van der Waals surface area contributed by atoms with Crippen LogP contribution in [0.5, 0.6) is 0 Å². The van der Waals surface area contributed by atoms with E-state index in [1.165, 1.54) is 25.7 Å². The summed E-state index contributed by atoms with van der Waals surface area (Å²) in [6, 6.07) is 0. The van der Waals surface area contributed by atoms with Crippen LogP contribution in [0.4, 0.5) is 0 Å². The van der Waals surface area contributed by atoms with Gasteiger partial charge in [-0.2, -0.15) is 0 Å². The predicted molar refractivity (Wildman–Crippen MR) is 74.9 cm³/mol. The van der Waals surface area contributed by atoms with Gasteiger partial charge in [0.1, 0.15) is 0 Å². The van der Waals surface area contributed by atoms with Crippen molar-refractivity contribution in [1.29, 1.82) is 0 Å². The number of hydrogen-bond acceptors (Lipinski definition) is 4. The van der Waals surface area contributed by atoms with E-state index in [0.717, 1.165) is 19.6 Å². The van der Waals surface area contributed by atoms with E-state index in [2.05, 4.69) is 5.32 Å². The first-order chi connectivity index (χ1) is 9.15. The Balaban J connectivity index is 2.37. The Morgan fingerprint density at radius 2 is 2.05 bits per heavy atom. The third-order valence-corrected chi connectivity index (χ3v) is 4.17. The second-order valence-electron chi connectivity index (χ2n) is 5.52. The highest BCUT2D eigenvalue weighted by atomic mass is 16.5. The van der Waals surface area contributed by atoms with Gasteiger partial charge in [-0.25, -0.2) is 0 Å². The minimum absolute atomic E-state index is 0.0287. The normalized spacial score (nSPS) is 19.3. The number of nitrogens with one attached hydrogen (secondary N) is 1. The molecule has 0 aromatic carbocycles. The van der Waals surface area contributed by atoms with Crippen molar-refractivity contribution in [3.05, 3.63) is 0 Å². The van der Waals surface area contributed by atoms with Gasteiger partial charge >= 0.3 is 0 Å². The molecule has 0 saturated heterocycles. The summed E-state index contributed by atoms with van der Waals surface area (Å²) in [5.41, 5.74) is 5.75. The molecule has 1 unspecified atom stereocenters. The number of nitrogens with two attached hydrogens (primary N) is 1. The summed E-state index contributed by atoms with van der Waals surface area (Å²) in [7, 11) is 3.31. The Hall–Kier alpha value is -0.650. The first kappa shape index (κ1) is 16.4. The number of carbonyl (C=O) groups is 1. The molecule has 5 heteroatoms. The van der Waals surface area contributed by atoms with Crippen molar-refractivity contribution >= 4 is 5.91 Å². The van der Waals surface area contributed by atoms with E-state index in [0.29, 0.717) is 13.0 Å². The first-order valence-electron chi connectivity index (χ1n) is 7.14. The molecule has 1 saturated carbocycles. The van der Waals surface area contributed by atoms with E-state index in [1.807, 2.05) is 0 Å². The number of amides is 1. The number of rotatable bonds is 9. The maximum absolute atomic E-state index is 11.9. The molecule has 3 N–H and O–H groups in total. The molecule has 0 aliphatic heterocycles. The topological polar surface area (TPSA) is 73.6 Å². The molecular formula is C14H28N2O3. The average Bonchev–Trinajstić information content (AvgIpc) is 2.89. The fraction of sp³-hybridized carbons (Fsp3) is 0.929. The van der Waals surface area contributed by atoms with Crippen molar-refractivity contribution in [2.24, 2.45) is 11.1 Å². The van der Waals surface area contributed by atoms with Gasteiger partial charge in [-0.1, -0.05) is 12.8 Å². The molecule has 0 spiro atoms. The number of ether oxygens (including phenoxy) is 2. The molecule has 0 radical (unpaired) electrons. The van der Waals surface area contributed by atoms with Crippen LogP contribution in [0.1, 0.15) is 38.5 Å². The molecular weight excluding hydrogens is 244 g/mol. The van der Waals surface area contributed by atoms with Gasteiger partial charge < -0.3 is 20.5 Å². The quantitative estimate of drug-likeness (QED) is 0.658. The Bertz CT molecular complexity index is 261. The molecule has 1 atom stereocenters. The molecule has 19 heavy (non-hydrogen) atoms. The molecule has 112 valence electrons. The lowest BCUT2D eigenvalue weighted by molar-refractivity contribution is -0.124.